The van der Waals surface area contributed by atoms with Crippen molar-refractivity contribution in [2.75, 3.05) is 5.32 Å². The van der Waals surface area contributed by atoms with Crippen LogP contribution in [0.3, 0.4) is 0 Å². The second-order valence-corrected chi connectivity index (χ2v) is 7.40. The standard InChI is InChI=1S/C15H17N5O3S/c1-9(2)13(15(21)18-10-7-16-17-8-10)19-14-11-5-3-4-6-12(11)24(22,23)20-14/h3-9,13H,1-2H3,(H,16,17)(H,18,21)(H,19,20)/t13-/m0/s1. The number of carbonyl (C=O) groups is 1. The lowest BCUT2D eigenvalue weighted by Gasteiger charge is -2.16. The van der Waals surface area contributed by atoms with Crippen molar-refractivity contribution >= 4 is 27.5 Å². The third kappa shape index (κ3) is 3.02. The number of hydrogen-bond acceptors (Lipinski definition) is 5. The molecule has 3 N–H and O–H groups in total. The summed E-state index contributed by atoms with van der Waals surface area (Å²) in [6, 6.07) is 5.80. The predicted molar refractivity (Wildman–Crippen MR) is 89.1 cm³/mol. The zero-order valence-electron chi connectivity index (χ0n) is 13.1. The number of nitrogens with zero attached hydrogens (tertiary/aromatic N) is 2. The predicted octanol–water partition coefficient (Wildman–Crippen LogP) is 1.11. The number of hydrogen-bond donors (Lipinski definition) is 3. The van der Waals surface area contributed by atoms with E-state index in [0.29, 0.717) is 11.3 Å². The first-order valence-corrected chi connectivity index (χ1v) is 8.86. The maximum absolute atomic E-state index is 12.5. The molecule has 1 aromatic carbocycles. The van der Waals surface area contributed by atoms with Gasteiger partial charge in [-0.05, 0) is 18.1 Å². The number of carbonyl (C=O) groups excluding carboxylic acids is 1. The molecule has 9 heteroatoms. The largest absolute Gasteiger partial charge is 0.322 e. The van der Waals surface area contributed by atoms with Gasteiger partial charge in [0, 0.05) is 11.8 Å². The number of rotatable bonds is 4. The number of fused-ring (bicyclic) bond motifs is 1. The molecule has 2 heterocycles. The van der Waals surface area contributed by atoms with Crippen molar-refractivity contribution in [3.8, 4) is 0 Å². The minimum atomic E-state index is -3.63. The second-order valence-electron chi connectivity index (χ2n) is 5.74. The molecule has 1 aromatic heterocycles. The Hall–Kier alpha value is -2.68. The van der Waals surface area contributed by atoms with Crippen LogP contribution < -0.4 is 10.0 Å². The lowest BCUT2D eigenvalue weighted by atomic mass is 10.0. The first-order valence-electron chi connectivity index (χ1n) is 7.38. The maximum Gasteiger partial charge on any atom is 0.263 e. The van der Waals surface area contributed by atoms with Crippen LogP contribution in [0.5, 0.6) is 0 Å². The summed E-state index contributed by atoms with van der Waals surface area (Å²) in [5.41, 5.74) is 0.998. The normalized spacial score (nSPS) is 18.2. The molecule has 0 radical (unpaired) electrons. The van der Waals surface area contributed by atoms with E-state index >= 15 is 0 Å². The highest BCUT2D eigenvalue weighted by Crippen LogP contribution is 2.23. The monoisotopic (exact) mass is 347 g/mol. The van der Waals surface area contributed by atoms with Crippen LogP contribution in [0, 0.1) is 5.92 Å². The van der Waals surface area contributed by atoms with Gasteiger partial charge >= 0.3 is 0 Å². The van der Waals surface area contributed by atoms with Crippen molar-refractivity contribution in [1.29, 1.82) is 0 Å². The number of aliphatic imine (C=N–C) groups is 1. The molecule has 2 aromatic rings. The summed E-state index contributed by atoms with van der Waals surface area (Å²) >= 11 is 0. The van der Waals surface area contributed by atoms with Gasteiger partial charge in [-0.25, -0.2) is 8.42 Å². The van der Waals surface area contributed by atoms with Crippen LogP contribution in [-0.2, 0) is 14.8 Å². The van der Waals surface area contributed by atoms with E-state index in [2.05, 4.69) is 25.2 Å². The fraction of sp³-hybridized carbons (Fsp3) is 0.267. The number of sulfonamides is 1. The third-order valence-corrected chi connectivity index (χ3v) is 4.99. The van der Waals surface area contributed by atoms with Crippen LogP contribution >= 0.6 is 0 Å². The van der Waals surface area contributed by atoms with Gasteiger partial charge < -0.3 is 5.32 Å². The van der Waals surface area contributed by atoms with E-state index in [9.17, 15) is 13.2 Å². The van der Waals surface area contributed by atoms with Crippen molar-refractivity contribution in [1.82, 2.24) is 14.9 Å². The third-order valence-electron chi connectivity index (χ3n) is 3.60. The molecule has 1 aliphatic heterocycles. The van der Waals surface area contributed by atoms with Gasteiger partial charge in [-0.2, -0.15) is 5.10 Å². The fourth-order valence-corrected chi connectivity index (χ4v) is 3.65. The number of aromatic amines is 1. The van der Waals surface area contributed by atoms with Crippen LogP contribution in [0.15, 0.2) is 46.5 Å². The van der Waals surface area contributed by atoms with Crippen LogP contribution in [0.25, 0.3) is 0 Å². The lowest BCUT2D eigenvalue weighted by Crippen LogP contribution is -2.34. The summed E-state index contributed by atoms with van der Waals surface area (Å²) in [5.74, 6) is -0.268. The van der Waals surface area contributed by atoms with Gasteiger partial charge in [0.25, 0.3) is 10.0 Å². The van der Waals surface area contributed by atoms with E-state index in [4.69, 9.17) is 0 Å². The topological polar surface area (TPSA) is 116 Å². The molecule has 1 amide bonds. The summed E-state index contributed by atoms with van der Waals surface area (Å²) in [7, 11) is -3.63. The summed E-state index contributed by atoms with van der Waals surface area (Å²) < 4.78 is 26.7. The Morgan fingerprint density at radius 2 is 2.04 bits per heavy atom. The molecule has 126 valence electrons. The zero-order chi connectivity index (χ0) is 17.3. The SMILES string of the molecule is CC(C)[C@H](N=C1NS(=O)(=O)c2ccccc21)C(=O)Nc1cn[nH]c1. The lowest BCUT2D eigenvalue weighted by molar-refractivity contribution is -0.118. The number of benzene rings is 1. The van der Waals surface area contributed by atoms with Crippen molar-refractivity contribution in [3.63, 3.8) is 0 Å². The Labute approximate surface area is 139 Å². The Morgan fingerprint density at radius 3 is 2.71 bits per heavy atom. The quantitative estimate of drug-likeness (QED) is 0.768. The van der Waals surface area contributed by atoms with E-state index in [1.807, 2.05) is 13.8 Å². The highest BCUT2D eigenvalue weighted by atomic mass is 32.2. The number of aromatic nitrogens is 2. The average molecular weight is 347 g/mol. The highest BCUT2D eigenvalue weighted by Gasteiger charge is 2.32. The molecule has 0 saturated heterocycles. The van der Waals surface area contributed by atoms with Gasteiger partial charge in [0.15, 0.2) is 0 Å². The Morgan fingerprint density at radius 1 is 1.29 bits per heavy atom. The molecule has 0 bridgehead atoms. The number of amidine groups is 1. The van der Waals surface area contributed by atoms with Crippen LogP contribution in [0.2, 0.25) is 0 Å². The molecule has 0 aliphatic carbocycles. The highest BCUT2D eigenvalue weighted by molar-refractivity contribution is 7.90. The molecule has 24 heavy (non-hydrogen) atoms. The summed E-state index contributed by atoms with van der Waals surface area (Å²) in [4.78, 5) is 17.0. The molecular weight excluding hydrogens is 330 g/mol. The molecule has 3 rings (SSSR count). The van der Waals surface area contributed by atoms with Crippen molar-refractivity contribution in [2.24, 2.45) is 10.9 Å². The minimum absolute atomic E-state index is 0.123. The zero-order valence-corrected chi connectivity index (χ0v) is 14.0. The molecular formula is C15H17N5O3S. The van der Waals surface area contributed by atoms with E-state index in [1.165, 1.54) is 12.3 Å². The van der Waals surface area contributed by atoms with Gasteiger partial charge in [-0.15, -0.1) is 0 Å². The van der Waals surface area contributed by atoms with E-state index < -0.39 is 16.1 Å². The smallest absolute Gasteiger partial charge is 0.263 e. The van der Waals surface area contributed by atoms with Gasteiger partial charge in [0.2, 0.25) is 5.91 Å². The molecule has 1 atom stereocenters. The van der Waals surface area contributed by atoms with Crippen molar-refractivity contribution in [2.45, 2.75) is 24.8 Å². The summed E-state index contributed by atoms with van der Waals surface area (Å²) in [5, 5.41) is 9.08. The molecule has 0 unspecified atom stereocenters. The average Bonchev–Trinajstić information content (AvgIpc) is 3.11. The van der Waals surface area contributed by atoms with Crippen LogP contribution in [0.4, 0.5) is 5.69 Å². The molecule has 8 nitrogen and oxygen atoms in total. The summed E-state index contributed by atoms with van der Waals surface area (Å²) in [6.45, 7) is 3.69. The van der Waals surface area contributed by atoms with Crippen molar-refractivity contribution in [3.05, 3.63) is 42.2 Å². The fourth-order valence-electron chi connectivity index (χ4n) is 2.41. The number of anilines is 1. The molecule has 0 saturated carbocycles. The Balaban J connectivity index is 1.94. The van der Waals surface area contributed by atoms with Gasteiger partial charge in [0.05, 0.1) is 16.8 Å². The Bertz CT molecular complexity index is 888. The van der Waals surface area contributed by atoms with E-state index in [-0.39, 0.29) is 22.6 Å². The van der Waals surface area contributed by atoms with Gasteiger partial charge in [-0.3, -0.25) is 19.6 Å². The van der Waals surface area contributed by atoms with E-state index in [1.54, 1.807) is 24.4 Å². The first kappa shape index (κ1) is 16.2. The second kappa shape index (κ2) is 6.08. The molecule has 1 aliphatic rings. The van der Waals surface area contributed by atoms with Crippen LogP contribution in [-0.4, -0.2) is 36.4 Å². The number of H-pyrrole nitrogens is 1. The first-order chi connectivity index (χ1) is 11.4. The number of amides is 1. The number of nitrogens with one attached hydrogen (secondary N) is 3. The Kier molecular flexibility index (Phi) is 4.10. The van der Waals surface area contributed by atoms with Crippen LogP contribution in [0.1, 0.15) is 19.4 Å². The minimum Gasteiger partial charge on any atom is -0.322 e. The maximum atomic E-state index is 12.5. The molecule has 0 fully saturated rings. The summed E-state index contributed by atoms with van der Waals surface area (Å²) in [6.07, 6.45) is 3.03. The van der Waals surface area contributed by atoms with E-state index in [0.717, 1.165) is 0 Å². The van der Waals surface area contributed by atoms with Crippen molar-refractivity contribution < 1.29 is 13.2 Å². The van der Waals surface area contributed by atoms with Gasteiger partial charge in [-0.1, -0.05) is 26.0 Å². The van der Waals surface area contributed by atoms with Gasteiger partial charge in [0.1, 0.15) is 11.9 Å². The molecule has 0 spiro atoms.